The molecule has 20 rings (SSSR count). The Morgan fingerprint density at radius 3 is 0.792 bits per heavy atom. The number of carbonyl (C=O) groups excluding carboxylic acids is 17. The molecule has 15 aliphatic heterocycles. The van der Waals surface area contributed by atoms with Crippen LogP contribution >= 0.6 is 0 Å². The van der Waals surface area contributed by atoms with Crippen molar-refractivity contribution >= 4 is 129 Å². The number of carbonyl (C=O) groups is 17. The Morgan fingerprint density at radius 2 is 0.546 bits per heavy atom. The molecule has 130 heavy (non-hydrogen) atoms. The van der Waals surface area contributed by atoms with Crippen molar-refractivity contribution in [3.63, 3.8) is 0 Å². The van der Waals surface area contributed by atoms with Gasteiger partial charge in [0.15, 0.2) is 0 Å². The van der Waals surface area contributed by atoms with Gasteiger partial charge in [-0.1, -0.05) is 30.3 Å². The Bertz CT molecular complexity index is 5940. The van der Waals surface area contributed by atoms with Gasteiger partial charge in [-0.05, 0) is 105 Å². The van der Waals surface area contributed by atoms with E-state index in [1.807, 2.05) is 18.2 Å². The number of nitrogens with zero attached hydrogens (tertiary/aromatic N) is 15. The van der Waals surface area contributed by atoms with Gasteiger partial charge in [-0.25, -0.2) is 0 Å². The molecule has 0 spiro atoms. The van der Waals surface area contributed by atoms with E-state index in [9.17, 15) is 81.5 Å². The number of imide groups is 7. The van der Waals surface area contributed by atoms with Crippen LogP contribution in [0.3, 0.4) is 0 Å². The predicted molar refractivity (Wildman–Crippen MR) is 452 cm³/mol. The second-order valence-corrected chi connectivity index (χ2v) is 32.3. The zero-order chi connectivity index (χ0) is 91.9. The third-order valence-corrected chi connectivity index (χ3v) is 23.9. The maximum Gasteiger partial charge on any atom is 0.267 e. The largest absolute Gasteiger partial charge is 0.380 e. The van der Waals surface area contributed by atoms with Gasteiger partial charge in [0, 0.05) is 114 Å². The van der Waals surface area contributed by atoms with E-state index >= 15 is 0 Å². The van der Waals surface area contributed by atoms with Gasteiger partial charge < -0.3 is 41.3 Å². The predicted octanol–water partition coefficient (Wildman–Crippen LogP) is 3.72. The lowest BCUT2D eigenvalue weighted by atomic mass is 10.0. The summed E-state index contributed by atoms with van der Waals surface area (Å²) in [6, 6.07) is 22.0. The second kappa shape index (κ2) is 34.7. The summed E-state index contributed by atoms with van der Waals surface area (Å²) in [5, 5.41) is 66.3. The minimum atomic E-state index is -0.996. The Labute approximate surface area is 738 Å². The molecule has 5 aromatic carbocycles. The average Bonchev–Trinajstić information content (AvgIpc) is 1.61. The minimum Gasteiger partial charge on any atom is -0.380 e. The van der Waals surface area contributed by atoms with Crippen LogP contribution in [0.15, 0.2) is 142 Å². The van der Waals surface area contributed by atoms with Gasteiger partial charge >= 0.3 is 0 Å². The number of fused-ring (bicyclic) bond motifs is 5. The number of hydrogen-bond acceptors (Lipinski definition) is 32. The van der Waals surface area contributed by atoms with Crippen molar-refractivity contribution in [1.82, 2.24) is 51.1 Å². The van der Waals surface area contributed by atoms with Crippen LogP contribution in [0.25, 0.3) is 0 Å². The van der Waals surface area contributed by atoms with Crippen LogP contribution in [-0.2, 0) is 67.6 Å². The maximum absolute atomic E-state index is 12.9. The average molecular weight is 1760 g/mol. The molecule has 5 atom stereocenters. The molecule has 5 saturated heterocycles. The van der Waals surface area contributed by atoms with Gasteiger partial charge in [0.25, 0.3) is 52.7 Å². The molecule has 42 nitrogen and oxygen atoms in total. The van der Waals surface area contributed by atoms with Gasteiger partial charge in [-0.2, -0.15) is 30.7 Å². The second-order valence-electron chi connectivity index (χ2n) is 32.3. The number of hydrogen-bond donors (Lipinski definition) is 10. The molecule has 0 saturated carbocycles. The van der Waals surface area contributed by atoms with Gasteiger partial charge in [0.2, 0.25) is 76.1 Å². The molecule has 15 heterocycles. The molecule has 5 unspecified atom stereocenters. The fraction of sp³-hybridized carbons (Fsp3) is 0.352. The van der Waals surface area contributed by atoms with Gasteiger partial charge in [-0.3, -0.25) is 118 Å². The zero-order valence-electron chi connectivity index (χ0n) is 68.9. The number of terminal acetylenes is 5. The third-order valence-electron chi connectivity index (χ3n) is 23.9. The molecule has 0 aliphatic carbocycles. The highest BCUT2D eigenvalue weighted by Crippen LogP contribution is 2.42. The molecule has 5 aromatic rings. The quantitative estimate of drug-likeness (QED) is 0.0329. The maximum atomic E-state index is 12.9. The number of anilines is 5. The van der Waals surface area contributed by atoms with E-state index in [0.717, 1.165) is 43.6 Å². The van der Waals surface area contributed by atoms with Crippen LogP contribution in [-0.4, -0.2) is 216 Å². The zero-order valence-corrected chi connectivity index (χ0v) is 68.9. The first kappa shape index (κ1) is 86.8. The summed E-state index contributed by atoms with van der Waals surface area (Å²) in [7, 11) is 0. The van der Waals surface area contributed by atoms with Crippen LogP contribution in [0, 0.1) is 61.7 Å². The van der Waals surface area contributed by atoms with Gasteiger partial charge in [-0.15, -0.1) is 70.3 Å². The molecule has 0 bridgehead atoms. The van der Waals surface area contributed by atoms with E-state index in [1.54, 1.807) is 60.7 Å². The van der Waals surface area contributed by atoms with Crippen molar-refractivity contribution in [1.29, 1.82) is 0 Å². The lowest BCUT2D eigenvalue weighted by molar-refractivity contribution is -0.138. The van der Waals surface area contributed by atoms with E-state index in [0.29, 0.717) is 119 Å². The summed E-state index contributed by atoms with van der Waals surface area (Å²) in [6.07, 6.45) is 30.0. The molecule has 656 valence electrons. The van der Waals surface area contributed by atoms with E-state index in [4.69, 9.17) is 32.1 Å². The summed E-state index contributed by atoms with van der Waals surface area (Å²) in [6.45, 7) is 2.70. The standard InChI is InChI=1S/2C18H15N5O4.C18H17N5O3.2C17H15N5O3/c2*1-2-8-18(21-22-18)9-19-11-5-3-4-10-14(11)17(27)23(16(10)26)12-6-7-13(24)20-15(12)25;1-2-8-18(21-22-18)10-19-13-5-3-4-11-12(13)9-23(17(11)26)14-6-7-15(24)20-16(14)25;2*1-2-17(20-21-17)9-18-12-5-3-4-10-11(12)8-22(16(10)25)13-6-7-14(23)19-15(13)24/h2*1,3-5,12,19H,6-9H2,(H,20,24,25);1,3-5,14,19H,6-10H2,(H,20,24,25);2*1,3-5,13,18H,6-9H2,(H,19,23,24). The molecule has 10 N–H and O–H groups in total. The van der Waals surface area contributed by atoms with Crippen LogP contribution in [0.2, 0.25) is 0 Å². The van der Waals surface area contributed by atoms with Crippen molar-refractivity contribution < 1.29 is 81.5 Å². The Kier molecular flexibility index (Phi) is 23.1. The van der Waals surface area contributed by atoms with Crippen molar-refractivity contribution in [2.45, 2.75) is 162 Å². The molecule has 0 radical (unpaired) electrons. The van der Waals surface area contributed by atoms with Crippen LogP contribution in [0.4, 0.5) is 28.4 Å². The third kappa shape index (κ3) is 17.4. The fourth-order valence-electron chi connectivity index (χ4n) is 16.5. The number of nitrogens with one attached hydrogen (secondary N) is 10. The number of rotatable bonds is 23. The Balaban J connectivity index is 0.000000119. The molecular formula is C88H77N25O17. The van der Waals surface area contributed by atoms with E-state index < -0.39 is 124 Å². The highest BCUT2D eigenvalue weighted by Gasteiger charge is 2.52. The lowest BCUT2D eigenvalue weighted by Crippen LogP contribution is -2.54. The Morgan fingerprint density at radius 1 is 0.300 bits per heavy atom. The molecule has 5 fully saturated rings. The van der Waals surface area contributed by atoms with Crippen LogP contribution in [0.1, 0.15) is 173 Å². The smallest absolute Gasteiger partial charge is 0.267 e. The van der Waals surface area contributed by atoms with Crippen LogP contribution in [0.5, 0.6) is 0 Å². The summed E-state index contributed by atoms with van der Waals surface area (Å²) in [5.74, 6) is 5.49. The number of benzene rings is 5. The topological polar surface area (TPSA) is 550 Å². The summed E-state index contributed by atoms with van der Waals surface area (Å²) in [5.41, 5.74) is 4.63. The normalized spacial score (nSPS) is 22.7. The van der Waals surface area contributed by atoms with Gasteiger partial charge in [0.1, 0.15) is 30.2 Å². The summed E-state index contributed by atoms with van der Waals surface area (Å²) < 4.78 is 0. The first-order valence-electron chi connectivity index (χ1n) is 41.1. The monoisotopic (exact) mass is 1760 g/mol. The van der Waals surface area contributed by atoms with E-state index in [2.05, 4.69) is 134 Å². The van der Waals surface area contributed by atoms with Crippen molar-refractivity contribution in [2.24, 2.45) is 51.1 Å². The minimum absolute atomic E-state index is 0.0759. The first-order valence-corrected chi connectivity index (χ1v) is 41.1. The van der Waals surface area contributed by atoms with E-state index in [1.165, 1.54) is 26.8 Å². The summed E-state index contributed by atoms with van der Waals surface area (Å²) in [4.78, 5) is 213. The molecular weight excluding hydrogens is 1680 g/mol. The van der Waals surface area contributed by atoms with Crippen molar-refractivity contribution in [3.8, 4) is 61.7 Å². The van der Waals surface area contributed by atoms with Crippen LogP contribution < -0.4 is 53.2 Å². The molecule has 0 aromatic heterocycles. The highest BCUT2D eigenvalue weighted by atomic mass is 16.2. The number of amides is 17. The van der Waals surface area contributed by atoms with Crippen molar-refractivity contribution in [3.05, 3.63) is 147 Å². The highest BCUT2D eigenvalue weighted by molar-refractivity contribution is 6.27. The van der Waals surface area contributed by atoms with Gasteiger partial charge in [0.05, 0.1) is 74.2 Å². The van der Waals surface area contributed by atoms with Crippen molar-refractivity contribution in [2.75, 3.05) is 59.3 Å². The summed E-state index contributed by atoms with van der Waals surface area (Å²) >= 11 is 0. The SMILES string of the molecule is C#CC1(CNc2cccc3c2CN(C2CCC(=O)NC2=O)C3=O)N=N1.C#CC1(CNc2cccc3c2CN(C2CCC(=O)NC2=O)C3=O)N=N1.C#CCC1(CNc2cccc3c2C(=O)N(C2CCC(=O)NC2=O)C3=O)N=N1.C#CCC1(CNc2cccc3c2C(=O)N(C2CCC(=O)NC2=O)C3=O)N=N1.C#CCC1(CNc2cccc3c2CN(C2CCC(=O)NC2=O)C3=O)N=N1. The number of piperidine rings is 5. The molecule has 15 aliphatic rings. The fourth-order valence-corrected chi connectivity index (χ4v) is 16.5. The molecule has 17 amide bonds. The Hall–Kier alpha value is -16.7. The van der Waals surface area contributed by atoms with E-state index in [-0.39, 0.29) is 103 Å². The lowest BCUT2D eigenvalue weighted by Gasteiger charge is -2.29. The first-order chi connectivity index (χ1) is 62.5. The molecule has 42 heteroatoms.